The molecule has 0 aliphatic heterocycles. The minimum absolute atomic E-state index is 0.0874. The highest BCUT2D eigenvalue weighted by Gasteiger charge is 2.35. The summed E-state index contributed by atoms with van der Waals surface area (Å²) in [6.07, 6.45) is -6.43. The Balaban J connectivity index is 2.96. The molecule has 9 heteroatoms. The average Bonchev–Trinajstić information content (AvgIpc) is 2.18. The van der Waals surface area contributed by atoms with E-state index in [2.05, 4.69) is 0 Å². The van der Waals surface area contributed by atoms with Crippen LogP contribution >= 0.6 is 23.6 Å². The molecule has 3 nitrogen and oxygen atoms in total. The van der Waals surface area contributed by atoms with E-state index in [1.807, 2.05) is 0 Å². The van der Waals surface area contributed by atoms with E-state index in [-0.39, 0.29) is 9.73 Å². The van der Waals surface area contributed by atoms with Crippen molar-refractivity contribution in [1.29, 1.82) is 0 Å². The molecule has 0 radical (unpaired) electrons. The Morgan fingerprint density at radius 2 is 1.67 bits per heavy atom. The van der Waals surface area contributed by atoms with Crippen LogP contribution in [-0.2, 0) is 4.79 Å². The highest BCUT2D eigenvalue weighted by molar-refractivity contribution is 6.36. The van der Waals surface area contributed by atoms with E-state index in [1.165, 1.54) is 0 Å². The molecule has 1 aromatic rings. The molecular weight excluding hydrogens is 299 g/mol. The van der Waals surface area contributed by atoms with Gasteiger partial charge in [0.15, 0.2) is 0 Å². The molecular formula is C9H6Cl2F4N2O. The predicted molar refractivity (Wildman–Crippen MR) is 58.1 cm³/mol. The standard InChI is InChI=1S/C9H6Cl2F4N2O/c10-17(11)16(8(18)5-9(13,14)15)7-3-1-6(12)2-4-7/h1-4H,5H2. The van der Waals surface area contributed by atoms with Crippen LogP contribution in [0, 0.1) is 5.82 Å². The van der Waals surface area contributed by atoms with Gasteiger partial charge in [-0.15, -0.1) is 0 Å². The van der Waals surface area contributed by atoms with Crippen molar-refractivity contribution in [2.45, 2.75) is 12.6 Å². The van der Waals surface area contributed by atoms with E-state index in [0.717, 1.165) is 24.3 Å². The highest BCUT2D eigenvalue weighted by Crippen LogP contribution is 2.26. The van der Waals surface area contributed by atoms with Gasteiger partial charge in [-0.2, -0.15) is 13.2 Å². The van der Waals surface area contributed by atoms with Crippen molar-refractivity contribution in [2.24, 2.45) is 0 Å². The summed E-state index contributed by atoms with van der Waals surface area (Å²) in [5.41, 5.74) is -0.0874. The minimum atomic E-state index is -4.70. The third-order valence-corrected chi connectivity index (χ3v) is 2.11. The second-order valence-corrected chi connectivity index (χ2v) is 4.00. The number of hydrazine groups is 1. The Bertz CT molecular complexity index is 422. The lowest BCUT2D eigenvalue weighted by molar-refractivity contribution is -0.152. The van der Waals surface area contributed by atoms with E-state index in [9.17, 15) is 22.4 Å². The maximum Gasteiger partial charge on any atom is 0.397 e. The smallest absolute Gasteiger partial charge is 0.273 e. The van der Waals surface area contributed by atoms with Crippen LogP contribution in [0.3, 0.4) is 0 Å². The van der Waals surface area contributed by atoms with Crippen LogP contribution in [0.4, 0.5) is 23.2 Å². The Kier molecular flexibility index (Phi) is 4.78. The molecule has 1 aromatic carbocycles. The molecule has 1 amide bonds. The fourth-order valence-corrected chi connectivity index (χ4v) is 1.49. The topological polar surface area (TPSA) is 23.6 Å². The Labute approximate surface area is 110 Å². The number of anilines is 1. The molecule has 100 valence electrons. The summed E-state index contributed by atoms with van der Waals surface area (Å²) in [6.45, 7) is 0. The molecule has 0 heterocycles. The van der Waals surface area contributed by atoms with Gasteiger partial charge in [0.2, 0.25) is 0 Å². The summed E-state index contributed by atoms with van der Waals surface area (Å²) in [5, 5.41) is 0.371. The van der Waals surface area contributed by atoms with E-state index >= 15 is 0 Å². The number of amides is 1. The zero-order valence-electron chi connectivity index (χ0n) is 8.59. The molecule has 0 unspecified atom stereocenters. The average molecular weight is 305 g/mol. The number of carbonyl (C=O) groups excluding carboxylic acids is 1. The number of rotatable bonds is 3. The summed E-state index contributed by atoms with van der Waals surface area (Å²) in [4.78, 5) is 11.4. The largest absolute Gasteiger partial charge is 0.397 e. The minimum Gasteiger partial charge on any atom is -0.273 e. The molecule has 0 atom stereocenters. The first kappa shape index (κ1) is 15.0. The van der Waals surface area contributed by atoms with E-state index in [0.29, 0.717) is 5.01 Å². The number of benzene rings is 1. The van der Waals surface area contributed by atoms with Crippen LogP contribution in [0.25, 0.3) is 0 Å². The first-order chi connectivity index (χ1) is 8.20. The first-order valence-corrected chi connectivity index (χ1v) is 5.15. The van der Waals surface area contributed by atoms with Gasteiger partial charge in [0, 0.05) is 23.6 Å². The quantitative estimate of drug-likeness (QED) is 0.483. The maximum absolute atomic E-state index is 12.7. The second-order valence-electron chi connectivity index (χ2n) is 3.19. The number of nitrogens with zero attached hydrogens (tertiary/aromatic N) is 2. The third-order valence-electron chi connectivity index (χ3n) is 1.81. The van der Waals surface area contributed by atoms with Crippen molar-refractivity contribution >= 4 is 35.1 Å². The van der Waals surface area contributed by atoms with Gasteiger partial charge in [-0.3, -0.25) is 4.79 Å². The van der Waals surface area contributed by atoms with E-state index in [4.69, 9.17) is 23.6 Å². The van der Waals surface area contributed by atoms with Crippen LogP contribution in [0.2, 0.25) is 0 Å². The van der Waals surface area contributed by atoms with Gasteiger partial charge in [-0.25, -0.2) is 9.40 Å². The summed E-state index contributed by atoms with van der Waals surface area (Å²) in [5.74, 6) is -2.00. The van der Waals surface area contributed by atoms with Crippen LogP contribution in [0.1, 0.15) is 6.42 Å². The van der Waals surface area contributed by atoms with Crippen molar-refractivity contribution in [3.63, 3.8) is 0 Å². The molecule has 0 N–H and O–H groups in total. The maximum atomic E-state index is 12.7. The van der Waals surface area contributed by atoms with Gasteiger partial charge in [0.1, 0.15) is 12.2 Å². The fraction of sp³-hybridized carbons (Fsp3) is 0.222. The summed E-state index contributed by atoms with van der Waals surface area (Å²) in [7, 11) is 0. The zero-order chi connectivity index (χ0) is 13.9. The molecule has 0 aromatic heterocycles. The summed E-state index contributed by atoms with van der Waals surface area (Å²) in [6, 6.07) is 4.06. The van der Waals surface area contributed by atoms with Crippen LogP contribution in [0.5, 0.6) is 0 Å². The Morgan fingerprint density at radius 1 is 1.17 bits per heavy atom. The second kappa shape index (κ2) is 5.73. The number of hydrogen-bond donors (Lipinski definition) is 0. The molecule has 0 saturated carbocycles. The molecule has 0 bridgehead atoms. The highest BCUT2D eigenvalue weighted by atomic mass is 35.5. The zero-order valence-corrected chi connectivity index (χ0v) is 10.1. The first-order valence-electron chi connectivity index (χ1n) is 4.47. The van der Waals surface area contributed by atoms with Gasteiger partial charge in [0.25, 0.3) is 5.91 Å². The fourth-order valence-electron chi connectivity index (χ4n) is 1.14. The van der Waals surface area contributed by atoms with Gasteiger partial charge in [-0.1, -0.05) is 0 Å². The molecule has 18 heavy (non-hydrogen) atoms. The normalized spacial score (nSPS) is 11.7. The van der Waals surface area contributed by atoms with Crippen molar-refractivity contribution in [3.8, 4) is 0 Å². The van der Waals surface area contributed by atoms with Gasteiger partial charge in [0.05, 0.1) is 5.69 Å². The molecule has 0 aliphatic rings. The van der Waals surface area contributed by atoms with Crippen LogP contribution < -0.4 is 5.01 Å². The molecule has 0 saturated heterocycles. The van der Waals surface area contributed by atoms with Crippen molar-refractivity contribution in [2.75, 3.05) is 5.01 Å². The van der Waals surface area contributed by atoms with Gasteiger partial charge >= 0.3 is 6.18 Å². The van der Waals surface area contributed by atoms with Crippen LogP contribution in [-0.4, -0.2) is 16.1 Å². The summed E-state index contributed by atoms with van der Waals surface area (Å²) < 4.78 is 49.1. The van der Waals surface area contributed by atoms with Crippen molar-refractivity contribution < 1.29 is 22.4 Å². The van der Waals surface area contributed by atoms with Crippen molar-refractivity contribution in [3.05, 3.63) is 30.1 Å². The van der Waals surface area contributed by atoms with Gasteiger partial charge < -0.3 is 0 Å². The third kappa shape index (κ3) is 4.32. The summed E-state index contributed by atoms with van der Waals surface area (Å²) >= 11 is 10.6. The predicted octanol–water partition coefficient (Wildman–Crippen LogP) is 3.64. The van der Waals surface area contributed by atoms with Crippen LogP contribution in [0.15, 0.2) is 24.3 Å². The molecule has 0 fully saturated rings. The lowest BCUT2D eigenvalue weighted by atomic mass is 10.3. The number of carbonyl (C=O) groups is 1. The monoisotopic (exact) mass is 304 g/mol. The number of alkyl halides is 3. The Morgan fingerprint density at radius 3 is 2.06 bits per heavy atom. The SMILES string of the molecule is O=C(CC(F)(F)F)N(c1ccc(F)cc1)N(Cl)Cl. The molecule has 0 spiro atoms. The number of hydrogen-bond acceptors (Lipinski definition) is 2. The molecule has 0 aliphatic carbocycles. The number of halogens is 6. The van der Waals surface area contributed by atoms with E-state index in [1.54, 1.807) is 0 Å². The lowest BCUT2D eigenvalue weighted by Crippen LogP contribution is -2.38. The van der Waals surface area contributed by atoms with Gasteiger partial charge in [-0.05, 0) is 28.3 Å². The Hall–Kier alpha value is -1.05. The molecule has 1 rings (SSSR count). The van der Waals surface area contributed by atoms with E-state index < -0.39 is 24.3 Å². The van der Waals surface area contributed by atoms with Crippen molar-refractivity contribution in [1.82, 2.24) is 4.05 Å². The lowest BCUT2D eigenvalue weighted by Gasteiger charge is -2.24.